The fraction of sp³-hybridized carbons (Fsp3) is 0.667. The Hall–Kier alpha value is -0.300. The van der Waals surface area contributed by atoms with Gasteiger partial charge < -0.3 is 14.5 Å². The molecule has 1 aromatic rings. The molecule has 0 aromatic carbocycles. The minimum absolute atomic E-state index is 0.0282. The molecular weight excluding hydrogens is 316 g/mol. The van der Waals surface area contributed by atoms with Crippen molar-refractivity contribution in [3.05, 3.63) is 20.6 Å². The first-order valence-electron chi connectivity index (χ1n) is 6.06. The van der Waals surface area contributed by atoms with Crippen LogP contribution < -0.4 is 0 Å². The summed E-state index contributed by atoms with van der Waals surface area (Å²) in [5.74, 6) is 1.39. The quantitative estimate of drug-likeness (QED) is 0.809. The summed E-state index contributed by atoms with van der Waals surface area (Å²) in [6.45, 7) is 3.15. The van der Waals surface area contributed by atoms with Crippen LogP contribution in [0.1, 0.15) is 37.4 Å². The number of nitrogens with one attached hydrogen (secondary N) is 1. The van der Waals surface area contributed by atoms with Crippen LogP contribution in [0, 0.1) is 10.6 Å². The second kappa shape index (κ2) is 6.23. The molecule has 1 N–H and O–H groups in total. The molecule has 1 atom stereocenters. The zero-order chi connectivity index (χ0) is 13.1. The summed E-state index contributed by atoms with van der Waals surface area (Å²) < 4.78 is 12.3. The van der Waals surface area contributed by atoms with Crippen molar-refractivity contribution in [1.82, 2.24) is 9.97 Å². The van der Waals surface area contributed by atoms with E-state index in [2.05, 4.69) is 25.9 Å². The summed E-state index contributed by atoms with van der Waals surface area (Å²) in [7, 11) is 1.66. The van der Waals surface area contributed by atoms with Gasteiger partial charge in [0.2, 0.25) is 0 Å². The van der Waals surface area contributed by atoms with Crippen LogP contribution in [0.4, 0.5) is 0 Å². The number of aromatic amines is 1. The third-order valence-electron chi connectivity index (χ3n) is 2.91. The molecule has 2 rings (SSSR count). The van der Waals surface area contributed by atoms with E-state index in [0.29, 0.717) is 23.8 Å². The number of nitrogens with zero attached hydrogens (tertiary/aromatic N) is 1. The fourth-order valence-electron chi connectivity index (χ4n) is 1.92. The van der Waals surface area contributed by atoms with E-state index in [-0.39, 0.29) is 6.10 Å². The molecule has 18 heavy (non-hydrogen) atoms. The minimum atomic E-state index is 0.0282. The highest BCUT2D eigenvalue weighted by Gasteiger charge is 2.34. The maximum atomic E-state index is 5.78. The summed E-state index contributed by atoms with van der Waals surface area (Å²) in [4.78, 5) is 7.71. The number of H-pyrrole nitrogens is 1. The van der Waals surface area contributed by atoms with E-state index in [0.717, 1.165) is 16.0 Å². The first kappa shape index (κ1) is 14.1. The van der Waals surface area contributed by atoms with Crippen LogP contribution in [0.2, 0.25) is 0 Å². The Morgan fingerprint density at radius 2 is 2.28 bits per heavy atom. The average Bonchev–Trinajstić information content (AvgIpc) is 3.16. The van der Waals surface area contributed by atoms with E-state index in [4.69, 9.17) is 21.7 Å². The number of ether oxygens (including phenoxy) is 2. The molecule has 4 nitrogen and oxygen atoms in total. The summed E-state index contributed by atoms with van der Waals surface area (Å²) >= 11 is 8.70. The standard InChI is InChI=1S/C12H17BrN2O2S/c1-3-17-10(7-4-5-7)11-14-8(6-16-2)9(13)12(18)15-11/h7,10H,3-6H2,1-2H3,(H,14,15,18). The van der Waals surface area contributed by atoms with Crippen LogP contribution >= 0.6 is 28.1 Å². The Labute approximate surface area is 120 Å². The lowest BCUT2D eigenvalue weighted by Gasteiger charge is -2.17. The molecule has 100 valence electrons. The number of hydrogen-bond acceptors (Lipinski definition) is 4. The molecule has 0 bridgehead atoms. The van der Waals surface area contributed by atoms with Crippen molar-refractivity contribution in [1.29, 1.82) is 0 Å². The van der Waals surface area contributed by atoms with Crippen molar-refractivity contribution < 1.29 is 9.47 Å². The van der Waals surface area contributed by atoms with Gasteiger partial charge in [0.05, 0.1) is 16.8 Å². The molecule has 1 unspecified atom stereocenters. The van der Waals surface area contributed by atoms with Crippen molar-refractivity contribution in [3.63, 3.8) is 0 Å². The predicted molar refractivity (Wildman–Crippen MR) is 74.9 cm³/mol. The van der Waals surface area contributed by atoms with E-state index < -0.39 is 0 Å². The predicted octanol–water partition coefficient (Wildman–Crippen LogP) is 3.54. The molecule has 6 heteroatoms. The number of halogens is 1. The molecule has 1 aliphatic rings. The minimum Gasteiger partial charge on any atom is -0.378 e. The van der Waals surface area contributed by atoms with E-state index in [9.17, 15) is 0 Å². The van der Waals surface area contributed by atoms with Gasteiger partial charge in [0.1, 0.15) is 16.6 Å². The first-order valence-corrected chi connectivity index (χ1v) is 7.26. The largest absolute Gasteiger partial charge is 0.378 e. The zero-order valence-electron chi connectivity index (χ0n) is 10.5. The van der Waals surface area contributed by atoms with E-state index >= 15 is 0 Å². The third-order valence-corrected chi connectivity index (χ3v) is 4.32. The van der Waals surface area contributed by atoms with Crippen molar-refractivity contribution in [2.24, 2.45) is 5.92 Å². The molecule has 0 radical (unpaired) electrons. The SMILES string of the molecule is CCOC(c1nc(=S)c(Br)c(COC)[nH]1)C1CC1. The third kappa shape index (κ3) is 3.17. The first-order chi connectivity index (χ1) is 8.67. The smallest absolute Gasteiger partial charge is 0.144 e. The maximum Gasteiger partial charge on any atom is 0.144 e. The highest BCUT2D eigenvalue weighted by atomic mass is 79.9. The molecule has 0 saturated heterocycles. The summed E-state index contributed by atoms with van der Waals surface area (Å²) in [5.41, 5.74) is 0.915. The molecule has 0 spiro atoms. The molecule has 1 aromatic heterocycles. The monoisotopic (exact) mass is 332 g/mol. The van der Waals surface area contributed by atoms with Crippen LogP contribution in [0.3, 0.4) is 0 Å². The topological polar surface area (TPSA) is 47.1 Å². The van der Waals surface area contributed by atoms with E-state index in [1.807, 2.05) is 6.92 Å². The lowest BCUT2D eigenvalue weighted by Crippen LogP contribution is -2.13. The van der Waals surface area contributed by atoms with Gasteiger partial charge in [-0.2, -0.15) is 0 Å². The Bertz CT molecular complexity index is 474. The maximum absolute atomic E-state index is 5.78. The second-order valence-corrected chi connectivity index (χ2v) is 5.55. The Morgan fingerprint density at radius 1 is 1.56 bits per heavy atom. The number of aromatic nitrogens is 2. The highest BCUT2D eigenvalue weighted by Crippen LogP contribution is 2.42. The molecule has 1 fully saturated rings. The van der Waals surface area contributed by atoms with Gasteiger partial charge in [-0.25, -0.2) is 4.98 Å². The summed E-state index contributed by atoms with van der Waals surface area (Å²) in [5, 5.41) is 0. The second-order valence-electron chi connectivity index (χ2n) is 4.37. The molecular formula is C12H17BrN2O2S. The van der Waals surface area contributed by atoms with Crippen molar-refractivity contribution in [2.75, 3.05) is 13.7 Å². The van der Waals surface area contributed by atoms with Gasteiger partial charge in [0, 0.05) is 13.7 Å². The zero-order valence-corrected chi connectivity index (χ0v) is 12.9. The van der Waals surface area contributed by atoms with E-state index in [1.54, 1.807) is 7.11 Å². The highest BCUT2D eigenvalue weighted by molar-refractivity contribution is 9.10. The number of rotatable bonds is 6. The van der Waals surface area contributed by atoms with Crippen LogP contribution in [-0.2, 0) is 16.1 Å². The Morgan fingerprint density at radius 3 is 2.83 bits per heavy atom. The van der Waals surface area contributed by atoms with Gasteiger partial charge in [0.25, 0.3) is 0 Å². The Balaban J connectivity index is 2.33. The van der Waals surface area contributed by atoms with Crippen LogP contribution in [0.5, 0.6) is 0 Å². The van der Waals surface area contributed by atoms with Crippen LogP contribution in [0.25, 0.3) is 0 Å². The van der Waals surface area contributed by atoms with Crippen LogP contribution in [-0.4, -0.2) is 23.7 Å². The Kier molecular flexibility index (Phi) is 4.89. The molecule has 0 amide bonds. The van der Waals surface area contributed by atoms with Gasteiger partial charge in [-0.05, 0) is 41.6 Å². The van der Waals surface area contributed by atoms with Crippen molar-refractivity contribution in [2.45, 2.75) is 32.5 Å². The number of methoxy groups -OCH3 is 1. The summed E-state index contributed by atoms with van der Waals surface area (Å²) in [6, 6.07) is 0. The average molecular weight is 333 g/mol. The fourth-order valence-corrected chi connectivity index (χ4v) is 2.44. The van der Waals surface area contributed by atoms with E-state index in [1.165, 1.54) is 12.8 Å². The van der Waals surface area contributed by atoms with Crippen molar-refractivity contribution >= 4 is 28.1 Å². The molecule has 1 saturated carbocycles. The van der Waals surface area contributed by atoms with Gasteiger partial charge in [0.15, 0.2) is 0 Å². The number of hydrogen-bond donors (Lipinski definition) is 1. The molecule has 1 aliphatic carbocycles. The lowest BCUT2D eigenvalue weighted by atomic mass is 10.2. The van der Waals surface area contributed by atoms with Gasteiger partial charge in [-0.3, -0.25) is 0 Å². The molecule has 1 heterocycles. The normalized spacial score (nSPS) is 16.8. The summed E-state index contributed by atoms with van der Waals surface area (Å²) in [6.07, 6.45) is 2.42. The van der Waals surface area contributed by atoms with Crippen LogP contribution in [0.15, 0.2) is 4.47 Å². The van der Waals surface area contributed by atoms with Gasteiger partial charge in [-0.1, -0.05) is 12.2 Å². The lowest BCUT2D eigenvalue weighted by molar-refractivity contribution is 0.0394. The van der Waals surface area contributed by atoms with Gasteiger partial charge in [-0.15, -0.1) is 0 Å². The van der Waals surface area contributed by atoms with Gasteiger partial charge >= 0.3 is 0 Å². The van der Waals surface area contributed by atoms with Crippen molar-refractivity contribution in [3.8, 4) is 0 Å². The molecule has 0 aliphatic heterocycles.